The zero-order valence-electron chi connectivity index (χ0n) is 19.3. The topological polar surface area (TPSA) is 103 Å². The fourth-order valence-corrected chi connectivity index (χ4v) is 4.12. The maximum absolute atomic E-state index is 9.23. The molecule has 1 aromatic heterocycles. The Labute approximate surface area is 187 Å². The van der Waals surface area contributed by atoms with Gasteiger partial charge in [0.05, 0.1) is 44.8 Å². The van der Waals surface area contributed by atoms with Crippen molar-refractivity contribution in [2.45, 2.75) is 76.1 Å². The summed E-state index contributed by atoms with van der Waals surface area (Å²) < 4.78 is 22.3. The van der Waals surface area contributed by atoms with Crippen molar-refractivity contribution in [3.63, 3.8) is 0 Å². The summed E-state index contributed by atoms with van der Waals surface area (Å²) in [7, 11) is -1.06. The minimum absolute atomic E-state index is 0.134. The van der Waals surface area contributed by atoms with Gasteiger partial charge in [-0.15, -0.1) is 0 Å². The van der Waals surface area contributed by atoms with Crippen molar-refractivity contribution in [2.24, 2.45) is 0 Å². The molecule has 1 atom stereocenters. The second kappa shape index (κ2) is 14.3. The number of hydrogen-bond acceptors (Lipinski definition) is 8. The summed E-state index contributed by atoms with van der Waals surface area (Å²) in [5.41, 5.74) is 0.888. The van der Waals surface area contributed by atoms with Crippen molar-refractivity contribution in [1.82, 2.24) is 9.97 Å². The Balaban J connectivity index is 1.61. The van der Waals surface area contributed by atoms with E-state index in [1.54, 1.807) is 0 Å². The van der Waals surface area contributed by atoms with Crippen molar-refractivity contribution in [2.75, 3.05) is 39.8 Å². The van der Waals surface area contributed by atoms with Crippen LogP contribution in [0.25, 0.3) is 0 Å². The molecule has 0 amide bonds. The normalized spacial score (nSPS) is 20.7. The molecule has 0 spiro atoms. The molecule has 0 bridgehead atoms. The van der Waals surface area contributed by atoms with Gasteiger partial charge in [0, 0.05) is 26.8 Å². The van der Waals surface area contributed by atoms with Crippen LogP contribution in [0, 0.1) is 0 Å². The van der Waals surface area contributed by atoms with E-state index in [4.69, 9.17) is 29.0 Å². The molecule has 31 heavy (non-hydrogen) atoms. The number of hydrogen-bond donors (Lipinski definition) is 2. The highest BCUT2D eigenvalue weighted by Gasteiger charge is 2.24. The first kappa shape index (κ1) is 26.3. The second-order valence-corrected chi connectivity index (χ2v) is 15.0. The molecule has 2 rings (SSSR count). The SMILES string of the molecule is C[Si](C)(C)CCOCOCc1ccnc(C2CCC(OCCOCC(O)CO)CC2)n1. The van der Waals surface area contributed by atoms with E-state index in [2.05, 4.69) is 24.6 Å². The molecule has 1 saturated carbocycles. The van der Waals surface area contributed by atoms with E-state index in [0.29, 0.717) is 32.5 Å². The number of nitrogens with zero attached hydrogens (tertiary/aromatic N) is 2. The van der Waals surface area contributed by atoms with Crippen LogP contribution in [0.4, 0.5) is 0 Å². The Hall–Kier alpha value is -0.943. The second-order valence-electron chi connectivity index (χ2n) is 9.35. The third-order valence-electron chi connectivity index (χ3n) is 5.29. The van der Waals surface area contributed by atoms with Crippen LogP contribution in [-0.4, -0.2) is 80.3 Å². The van der Waals surface area contributed by atoms with Gasteiger partial charge in [0.1, 0.15) is 18.7 Å². The van der Waals surface area contributed by atoms with Gasteiger partial charge in [0.25, 0.3) is 0 Å². The average Bonchev–Trinajstić information content (AvgIpc) is 2.75. The molecule has 1 heterocycles. The van der Waals surface area contributed by atoms with E-state index in [9.17, 15) is 5.11 Å². The lowest BCUT2D eigenvalue weighted by Crippen LogP contribution is -2.25. The van der Waals surface area contributed by atoms with Crippen LogP contribution in [0.2, 0.25) is 25.7 Å². The Morgan fingerprint density at radius 1 is 1.06 bits per heavy atom. The molecule has 8 nitrogen and oxygen atoms in total. The highest BCUT2D eigenvalue weighted by molar-refractivity contribution is 6.76. The lowest BCUT2D eigenvalue weighted by molar-refractivity contribution is -0.0583. The Bertz CT molecular complexity index is 608. The third kappa shape index (κ3) is 11.5. The first-order valence-electron chi connectivity index (χ1n) is 11.3. The van der Waals surface area contributed by atoms with Gasteiger partial charge in [-0.25, -0.2) is 9.97 Å². The summed E-state index contributed by atoms with van der Waals surface area (Å²) in [5, 5.41) is 18.0. The molecule has 1 aliphatic carbocycles. The maximum atomic E-state index is 9.23. The van der Waals surface area contributed by atoms with E-state index in [1.165, 1.54) is 0 Å². The van der Waals surface area contributed by atoms with E-state index in [-0.39, 0.29) is 19.3 Å². The van der Waals surface area contributed by atoms with Crippen molar-refractivity contribution in [3.05, 3.63) is 23.8 Å². The van der Waals surface area contributed by atoms with Gasteiger partial charge >= 0.3 is 0 Å². The van der Waals surface area contributed by atoms with Crippen LogP contribution >= 0.6 is 0 Å². The van der Waals surface area contributed by atoms with Crippen LogP contribution in [0.3, 0.4) is 0 Å². The summed E-state index contributed by atoms with van der Waals surface area (Å²) in [6.07, 6.45) is 5.16. The highest BCUT2D eigenvalue weighted by atomic mass is 28.3. The van der Waals surface area contributed by atoms with Gasteiger partial charge < -0.3 is 29.2 Å². The van der Waals surface area contributed by atoms with Crippen LogP contribution in [0.1, 0.15) is 43.1 Å². The summed E-state index contributed by atoms with van der Waals surface area (Å²) in [6, 6.07) is 3.04. The Kier molecular flexibility index (Phi) is 12.1. The fraction of sp³-hybridized carbons (Fsp3) is 0.818. The number of aliphatic hydroxyl groups is 2. The molecule has 178 valence electrons. The summed E-state index contributed by atoms with van der Waals surface area (Å²) in [4.78, 5) is 9.19. The van der Waals surface area contributed by atoms with E-state index >= 15 is 0 Å². The molecule has 0 aliphatic heterocycles. The smallest absolute Gasteiger partial charge is 0.147 e. The third-order valence-corrected chi connectivity index (χ3v) is 6.99. The van der Waals surface area contributed by atoms with E-state index in [1.807, 2.05) is 12.3 Å². The quantitative estimate of drug-likeness (QED) is 0.236. The standard InChI is InChI=1S/C22H40N2O6Si/c1-31(2,3)13-12-28-17-29-15-19-8-9-23-22(24-19)18-4-6-21(7-5-18)30-11-10-27-16-20(26)14-25/h8-9,18,20-21,25-26H,4-7,10-17H2,1-3H3. The number of aromatic nitrogens is 2. The molecular weight excluding hydrogens is 416 g/mol. The maximum Gasteiger partial charge on any atom is 0.147 e. The zero-order valence-corrected chi connectivity index (χ0v) is 20.3. The van der Waals surface area contributed by atoms with Crippen molar-refractivity contribution < 1.29 is 29.2 Å². The first-order valence-corrected chi connectivity index (χ1v) is 15.0. The highest BCUT2D eigenvalue weighted by Crippen LogP contribution is 2.32. The minimum atomic E-state index is -1.06. The Morgan fingerprint density at radius 2 is 1.84 bits per heavy atom. The first-order chi connectivity index (χ1) is 14.9. The number of rotatable bonds is 15. The van der Waals surface area contributed by atoms with Gasteiger partial charge in [-0.2, -0.15) is 0 Å². The van der Waals surface area contributed by atoms with E-state index < -0.39 is 14.2 Å². The van der Waals surface area contributed by atoms with Crippen molar-refractivity contribution in [3.8, 4) is 0 Å². The Morgan fingerprint density at radius 3 is 2.55 bits per heavy atom. The van der Waals surface area contributed by atoms with Crippen molar-refractivity contribution in [1.29, 1.82) is 0 Å². The lowest BCUT2D eigenvalue weighted by atomic mass is 9.87. The largest absolute Gasteiger partial charge is 0.394 e. The van der Waals surface area contributed by atoms with E-state index in [0.717, 1.165) is 49.9 Å². The average molecular weight is 457 g/mol. The van der Waals surface area contributed by atoms with Gasteiger partial charge in [0.15, 0.2) is 0 Å². The molecular formula is C22H40N2O6Si. The van der Waals surface area contributed by atoms with Crippen LogP contribution in [0.5, 0.6) is 0 Å². The minimum Gasteiger partial charge on any atom is -0.394 e. The molecule has 1 unspecified atom stereocenters. The molecule has 9 heteroatoms. The zero-order chi connectivity index (χ0) is 22.5. The lowest BCUT2D eigenvalue weighted by Gasteiger charge is -2.27. The molecule has 1 aromatic rings. The van der Waals surface area contributed by atoms with Gasteiger partial charge in [-0.3, -0.25) is 0 Å². The molecule has 0 aromatic carbocycles. The molecule has 2 N–H and O–H groups in total. The van der Waals surface area contributed by atoms with Gasteiger partial charge in [-0.05, 0) is 37.8 Å². The van der Waals surface area contributed by atoms with Gasteiger partial charge in [0.2, 0.25) is 0 Å². The summed E-state index contributed by atoms with van der Waals surface area (Å²) in [5.74, 6) is 1.24. The molecule has 1 aliphatic rings. The predicted molar refractivity (Wildman–Crippen MR) is 121 cm³/mol. The predicted octanol–water partition coefficient (Wildman–Crippen LogP) is 2.72. The van der Waals surface area contributed by atoms with Crippen LogP contribution in [-0.2, 0) is 25.6 Å². The monoisotopic (exact) mass is 456 g/mol. The molecule has 0 saturated heterocycles. The number of ether oxygens (including phenoxy) is 4. The summed E-state index contributed by atoms with van der Waals surface area (Å²) in [6.45, 7) is 9.26. The van der Waals surface area contributed by atoms with Gasteiger partial charge in [-0.1, -0.05) is 19.6 Å². The molecule has 1 fully saturated rings. The summed E-state index contributed by atoms with van der Waals surface area (Å²) >= 11 is 0. The molecule has 0 radical (unpaired) electrons. The van der Waals surface area contributed by atoms with Crippen LogP contribution < -0.4 is 0 Å². The van der Waals surface area contributed by atoms with Crippen LogP contribution in [0.15, 0.2) is 12.3 Å². The van der Waals surface area contributed by atoms with Crippen molar-refractivity contribution >= 4 is 8.07 Å². The fourth-order valence-electron chi connectivity index (χ4n) is 3.37. The number of aliphatic hydroxyl groups excluding tert-OH is 2.